The fourth-order valence-corrected chi connectivity index (χ4v) is 2.57. The first-order valence-corrected chi connectivity index (χ1v) is 7.27. The number of hydrogen-bond donors (Lipinski definition) is 2. The van der Waals surface area contributed by atoms with Gasteiger partial charge in [-0.2, -0.15) is 5.10 Å². The van der Waals surface area contributed by atoms with Crippen molar-refractivity contribution >= 4 is 30.7 Å². The molecule has 1 aliphatic rings. The van der Waals surface area contributed by atoms with Gasteiger partial charge in [0.2, 0.25) is 5.91 Å². The van der Waals surface area contributed by atoms with Gasteiger partial charge < -0.3 is 10.6 Å². The molecular weight excluding hydrogens is 356 g/mol. The Morgan fingerprint density at radius 1 is 1.33 bits per heavy atom. The molecule has 0 spiro atoms. The highest BCUT2D eigenvalue weighted by Gasteiger charge is 2.28. The number of halogens is 3. The van der Waals surface area contributed by atoms with Crippen molar-refractivity contribution in [3.8, 4) is 0 Å². The van der Waals surface area contributed by atoms with E-state index in [1.54, 1.807) is 11.0 Å². The maximum absolute atomic E-state index is 13.1. The second-order valence-corrected chi connectivity index (χ2v) is 5.37. The fraction of sp³-hybridized carbons (Fsp3) is 0.400. The summed E-state index contributed by atoms with van der Waals surface area (Å²) in [6.07, 6.45) is 2.45. The number of nitrogens with zero attached hydrogens (tertiary/aromatic N) is 3. The van der Waals surface area contributed by atoms with E-state index in [2.05, 4.69) is 20.7 Å². The lowest BCUT2D eigenvalue weighted by atomic mass is 10.1. The summed E-state index contributed by atoms with van der Waals surface area (Å²) in [7, 11) is 0. The van der Waals surface area contributed by atoms with Crippen molar-refractivity contribution in [2.45, 2.75) is 31.7 Å². The molecule has 9 heteroatoms. The van der Waals surface area contributed by atoms with E-state index < -0.39 is 12.2 Å². The largest absolute Gasteiger partial charge is 0.351 e. The molecule has 1 aromatic heterocycles. The molecule has 24 heavy (non-hydrogen) atoms. The molecule has 0 radical (unpaired) electrons. The predicted octanol–water partition coefficient (Wildman–Crippen LogP) is 1.49. The standard InChI is InChI=1S/C15H18FN5O.2ClH/c16-13-5-14(18-7-13)15(22)19-6-11-3-1-2-4-12(11)8-21-10-17-9-20-21;;/h1-4,9-10,13-14,18H,5-8H2,(H,19,22);2*1H/t13-,14+;;/m0../s1. The molecule has 3 rings (SSSR count). The zero-order valence-electron chi connectivity index (χ0n) is 12.9. The van der Waals surface area contributed by atoms with Crippen molar-refractivity contribution in [2.24, 2.45) is 0 Å². The predicted molar refractivity (Wildman–Crippen MR) is 93.2 cm³/mol. The van der Waals surface area contributed by atoms with Gasteiger partial charge in [-0.3, -0.25) is 4.79 Å². The third-order valence-corrected chi connectivity index (χ3v) is 3.76. The number of rotatable bonds is 5. The van der Waals surface area contributed by atoms with Gasteiger partial charge in [0.25, 0.3) is 0 Å². The summed E-state index contributed by atoms with van der Waals surface area (Å²) in [5, 5.41) is 9.84. The summed E-state index contributed by atoms with van der Waals surface area (Å²) in [5.74, 6) is -0.157. The van der Waals surface area contributed by atoms with Crippen LogP contribution in [-0.2, 0) is 17.9 Å². The first-order valence-electron chi connectivity index (χ1n) is 7.27. The van der Waals surface area contributed by atoms with Crippen LogP contribution in [0.2, 0.25) is 0 Å². The Balaban J connectivity index is 0.00000144. The Kier molecular flexibility index (Phi) is 8.10. The summed E-state index contributed by atoms with van der Waals surface area (Å²) in [4.78, 5) is 15.9. The third kappa shape index (κ3) is 5.15. The molecule has 6 nitrogen and oxygen atoms in total. The van der Waals surface area contributed by atoms with E-state index in [1.807, 2.05) is 24.3 Å². The van der Waals surface area contributed by atoms with E-state index in [0.29, 0.717) is 13.1 Å². The summed E-state index contributed by atoms with van der Waals surface area (Å²) >= 11 is 0. The highest BCUT2D eigenvalue weighted by atomic mass is 35.5. The van der Waals surface area contributed by atoms with Crippen LogP contribution < -0.4 is 10.6 Å². The Labute approximate surface area is 152 Å². The molecule has 1 aliphatic heterocycles. The van der Waals surface area contributed by atoms with E-state index in [1.165, 1.54) is 6.33 Å². The lowest BCUT2D eigenvalue weighted by Gasteiger charge is -2.13. The molecule has 0 aliphatic carbocycles. The lowest BCUT2D eigenvalue weighted by molar-refractivity contribution is -0.123. The quantitative estimate of drug-likeness (QED) is 0.830. The minimum atomic E-state index is -0.935. The number of benzene rings is 1. The van der Waals surface area contributed by atoms with Crippen molar-refractivity contribution in [3.63, 3.8) is 0 Å². The third-order valence-electron chi connectivity index (χ3n) is 3.76. The summed E-state index contributed by atoms with van der Waals surface area (Å²) in [5.41, 5.74) is 2.08. The molecule has 2 atom stereocenters. The minimum absolute atomic E-state index is 0. The smallest absolute Gasteiger partial charge is 0.237 e. The second-order valence-electron chi connectivity index (χ2n) is 5.37. The van der Waals surface area contributed by atoms with Crippen molar-refractivity contribution in [1.29, 1.82) is 0 Å². The van der Waals surface area contributed by atoms with E-state index in [4.69, 9.17) is 0 Å². The summed E-state index contributed by atoms with van der Waals surface area (Å²) in [6, 6.07) is 7.40. The minimum Gasteiger partial charge on any atom is -0.351 e. The molecule has 1 saturated heterocycles. The van der Waals surface area contributed by atoms with Gasteiger partial charge >= 0.3 is 0 Å². The van der Waals surface area contributed by atoms with Crippen LogP contribution in [-0.4, -0.2) is 39.4 Å². The molecule has 2 aromatic rings. The zero-order valence-corrected chi connectivity index (χ0v) is 14.5. The lowest BCUT2D eigenvalue weighted by Crippen LogP contribution is -2.40. The summed E-state index contributed by atoms with van der Waals surface area (Å²) < 4.78 is 14.8. The second kappa shape index (κ2) is 9.56. The van der Waals surface area contributed by atoms with Crippen LogP contribution in [0.3, 0.4) is 0 Å². The van der Waals surface area contributed by atoms with Crippen LogP contribution in [0.1, 0.15) is 17.5 Å². The Morgan fingerprint density at radius 2 is 2.08 bits per heavy atom. The number of alkyl halides is 1. The van der Waals surface area contributed by atoms with Gasteiger partial charge in [-0.25, -0.2) is 14.1 Å². The average Bonchev–Trinajstić information content (AvgIpc) is 3.18. The maximum atomic E-state index is 13.1. The highest BCUT2D eigenvalue weighted by Crippen LogP contribution is 2.12. The van der Waals surface area contributed by atoms with Crippen molar-refractivity contribution in [3.05, 3.63) is 48.0 Å². The van der Waals surface area contributed by atoms with Crippen molar-refractivity contribution < 1.29 is 9.18 Å². The van der Waals surface area contributed by atoms with Crippen LogP contribution in [0.15, 0.2) is 36.9 Å². The van der Waals surface area contributed by atoms with Gasteiger partial charge in [-0.05, 0) is 11.1 Å². The van der Waals surface area contributed by atoms with Gasteiger partial charge in [0.15, 0.2) is 0 Å². The number of aromatic nitrogens is 3. The van der Waals surface area contributed by atoms with E-state index in [9.17, 15) is 9.18 Å². The fourth-order valence-electron chi connectivity index (χ4n) is 2.57. The number of nitrogens with one attached hydrogen (secondary N) is 2. The molecule has 0 bridgehead atoms. The topological polar surface area (TPSA) is 71.8 Å². The number of hydrogen-bond acceptors (Lipinski definition) is 4. The Bertz CT molecular complexity index is 641. The zero-order chi connectivity index (χ0) is 15.4. The molecule has 1 aromatic carbocycles. The Morgan fingerprint density at radius 3 is 2.71 bits per heavy atom. The van der Waals surface area contributed by atoms with Gasteiger partial charge in [0.1, 0.15) is 18.8 Å². The molecule has 1 fully saturated rings. The molecule has 2 heterocycles. The Hall–Kier alpha value is -1.70. The molecular formula is C15H20Cl2FN5O. The van der Waals surface area contributed by atoms with Crippen LogP contribution in [0.5, 0.6) is 0 Å². The van der Waals surface area contributed by atoms with Crippen LogP contribution in [0.25, 0.3) is 0 Å². The average molecular weight is 376 g/mol. The number of amides is 1. The van der Waals surface area contributed by atoms with Gasteiger partial charge in [-0.15, -0.1) is 24.8 Å². The van der Waals surface area contributed by atoms with Crippen molar-refractivity contribution in [2.75, 3.05) is 6.54 Å². The molecule has 2 N–H and O–H groups in total. The first-order chi connectivity index (χ1) is 10.7. The first kappa shape index (κ1) is 20.3. The van der Waals surface area contributed by atoms with Crippen molar-refractivity contribution in [1.82, 2.24) is 25.4 Å². The van der Waals surface area contributed by atoms with E-state index in [0.717, 1.165) is 11.1 Å². The molecule has 0 saturated carbocycles. The van der Waals surface area contributed by atoms with Gasteiger partial charge in [0, 0.05) is 19.5 Å². The van der Waals surface area contributed by atoms with E-state index >= 15 is 0 Å². The monoisotopic (exact) mass is 375 g/mol. The van der Waals surface area contributed by atoms with E-state index in [-0.39, 0.29) is 43.7 Å². The number of carbonyl (C=O) groups excluding carboxylic acids is 1. The highest BCUT2D eigenvalue weighted by molar-refractivity contribution is 5.85. The molecule has 132 valence electrons. The summed E-state index contributed by atoms with van der Waals surface area (Å²) in [6.45, 7) is 1.26. The van der Waals surface area contributed by atoms with Gasteiger partial charge in [-0.1, -0.05) is 24.3 Å². The number of carbonyl (C=O) groups is 1. The van der Waals surface area contributed by atoms with Crippen LogP contribution in [0.4, 0.5) is 4.39 Å². The SMILES string of the molecule is Cl.Cl.O=C(NCc1ccccc1Cn1cncn1)[C@H]1C[C@H](F)CN1. The maximum Gasteiger partial charge on any atom is 0.237 e. The normalized spacial score (nSPS) is 19.2. The van der Waals surface area contributed by atoms with Gasteiger partial charge in [0.05, 0.1) is 12.6 Å². The van der Waals surface area contributed by atoms with Crippen LogP contribution in [0, 0.1) is 0 Å². The van der Waals surface area contributed by atoms with Crippen LogP contribution >= 0.6 is 24.8 Å². The molecule has 1 amide bonds. The molecule has 0 unspecified atom stereocenters.